The lowest BCUT2D eigenvalue weighted by Crippen LogP contribution is -2.12. The molecule has 2 N–H and O–H groups in total. The first-order valence-electron chi connectivity index (χ1n) is 6.23. The van der Waals surface area contributed by atoms with Crippen molar-refractivity contribution < 1.29 is 14.7 Å². The van der Waals surface area contributed by atoms with Gasteiger partial charge in [0.1, 0.15) is 0 Å². The monoisotopic (exact) mass is 335 g/mol. The standard InChI is InChI=1S/C16H11Cl2NO3/c17-11-5-6-13(14(18)9-11)16(22)19-12-3-1-2-10(8-12)4-7-15(20)21/h1-9H,(H,19,22)(H,20,21)/b7-4+. The van der Waals surface area contributed by atoms with Gasteiger partial charge in [-0.1, -0.05) is 35.3 Å². The lowest BCUT2D eigenvalue weighted by molar-refractivity contribution is -0.131. The Morgan fingerprint density at radius 2 is 1.86 bits per heavy atom. The third-order valence-electron chi connectivity index (χ3n) is 2.74. The number of anilines is 1. The van der Waals surface area contributed by atoms with E-state index in [9.17, 15) is 9.59 Å². The van der Waals surface area contributed by atoms with Gasteiger partial charge in [-0.2, -0.15) is 0 Å². The van der Waals surface area contributed by atoms with Crippen LogP contribution < -0.4 is 5.32 Å². The number of carboxylic acids is 1. The molecule has 0 aliphatic carbocycles. The van der Waals surface area contributed by atoms with Gasteiger partial charge in [-0.25, -0.2) is 4.79 Å². The number of hydrogen-bond acceptors (Lipinski definition) is 2. The largest absolute Gasteiger partial charge is 0.478 e. The molecule has 112 valence electrons. The van der Waals surface area contributed by atoms with Gasteiger partial charge in [0.05, 0.1) is 10.6 Å². The Balaban J connectivity index is 2.18. The van der Waals surface area contributed by atoms with E-state index in [4.69, 9.17) is 28.3 Å². The maximum Gasteiger partial charge on any atom is 0.328 e. The fraction of sp³-hybridized carbons (Fsp3) is 0. The number of carboxylic acid groups (broad SMARTS) is 1. The van der Waals surface area contributed by atoms with Crippen molar-refractivity contribution in [3.05, 3.63) is 69.7 Å². The van der Waals surface area contributed by atoms with Crippen LogP contribution in [-0.4, -0.2) is 17.0 Å². The average Bonchev–Trinajstić information content (AvgIpc) is 2.45. The van der Waals surface area contributed by atoms with Crippen LogP contribution in [0, 0.1) is 0 Å². The summed E-state index contributed by atoms with van der Waals surface area (Å²) in [7, 11) is 0. The Labute approximate surface area is 137 Å². The van der Waals surface area contributed by atoms with Crippen LogP contribution in [0.4, 0.5) is 5.69 Å². The smallest absolute Gasteiger partial charge is 0.328 e. The summed E-state index contributed by atoms with van der Waals surface area (Å²) in [6, 6.07) is 11.4. The molecule has 2 aromatic carbocycles. The molecule has 0 spiro atoms. The quantitative estimate of drug-likeness (QED) is 0.816. The third kappa shape index (κ3) is 4.35. The van der Waals surface area contributed by atoms with Gasteiger partial charge in [0.2, 0.25) is 0 Å². The number of halogens is 2. The van der Waals surface area contributed by atoms with Crippen LogP contribution in [0.2, 0.25) is 10.0 Å². The summed E-state index contributed by atoms with van der Waals surface area (Å²) < 4.78 is 0. The molecular weight excluding hydrogens is 325 g/mol. The molecular formula is C16H11Cl2NO3. The van der Waals surface area contributed by atoms with Crippen molar-refractivity contribution in [3.8, 4) is 0 Å². The van der Waals surface area contributed by atoms with E-state index in [0.717, 1.165) is 6.08 Å². The molecule has 0 bridgehead atoms. The van der Waals surface area contributed by atoms with E-state index in [1.807, 2.05) is 0 Å². The molecule has 0 heterocycles. The predicted molar refractivity (Wildman–Crippen MR) is 87.5 cm³/mol. The Hall–Kier alpha value is -2.30. The number of aliphatic carboxylic acids is 1. The van der Waals surface area contributed by atoms with E-state index in [1.165, 1.54) is 18.2 Å². The van der Waals surface area contributed by atoms with Gasteiger partial charge < -0.3 is 10.4 Å². The highest BCUT2D eigenvalue weighted by Crippen LogP contribution is 2.22. The van der Waals surface area contributed by atoms with E-state index < -0.39 is 5.97 Å². The van der Waals surface area contributed by atoms with Crippen LogP contribution in [0.25, 0.3) is 6.08 Å². The van der Waals surface area contributed by atoms with Crippen molar-refractivity contribution in [2.24, 2.45) is 0 Å². The van der Waals surface area contributed by atoms with Gasteiger partial charge in [0.15, 0.2) is 0 Å². The maximum absolute atomic E-state index is 12.2. The Morgan fingerprint density at radius 3 is 2.55 bits per heavy atom. The summed E-state index contributed by atoms with van der Waals surface area (Å²) in [6.07, 6.45) is 2.46. The van der Waals surface area contributed by atoms with Gasteiger partial charge >= 0.3 is 5.97 Å². The fourth-order valence-electron chi connectivity index (χ4n) is 1.76. The SMILES string of the molecule is O=C(O)/C=C/c1cccc(NC(=O)c2ccc(Cl)cc2Cl)c1. The van der Waals surface area contributed by atoms with Gasteiger partial charge in [0, 0.05) is 16.8 Å². The van der Waals surface area contributed by atoms with Gasteiger partial charge in [-0.05, 0) is 42.0 Å². The second kappa shape index (κ2) is 7.11. The van der Waals surface area contributed by atoms with Gasteiger partial charge in [-0.15, -0.1) is 0 Å². The number of benzene rings is 2. The third-order valence-corrected chi connectivity index (χ3v) is 3.29. The van der Waals surface area contributed by atoms with Gasteiger partial charge in [0.25, 0.3) is 5.91 Å². The molecule has 0 atom stereocenters. The molecule has 2 rings (SSSR count). The van der Waals surface area contributed by atoms with Crippen molar-refractivity contribution in [2.45, 2.75) is 0 Å². The summed E-state index contributed by atoms with van der Waals surface area (Å²) in [6.45, 7) is 0. The molecule has 0 aromatic heterocycles. The molecule has 2 aromatic rings. The second-order valence-electron chi connectivity index (χ2n) is 4.38. The summed E-state index contributed by atoms with van der Waals surface area (Å²) in [5.41, 5.74) is 1.49. The number of rotatable bonds is 4. The average molecular weight is 336 g/mol. The number of hydrogen-bond donors (Lipinski definition) is 2. The van der Waals surface area contributed by atoms with Crippen LogP contribution >= 0.6 is 23.2 Å². The highest BCUT2D eigenvalue weighted by Gasteiger charge is 2.11. The topological polar surface area (TPSA) is 66.4 Å². The van der Waals surface area contributed by atoms with Crippen LogP contribution in [-0.2, 0) is 4.79 Å². The first-order valence-corrected chi connectivity index (χ1v) is 6.99. The minimum absolute atomic E-state index is 0.256. The van der Waals surface area contributed by atoms with Crippen LogP contribution in [0.5, 0.6) is 0 Å². The van der Waals surface area contributed by atoms with Crippen molar-refractivity contribution in [1.82, 2.24) is 0 Å². The molecule has 1 amide bonds. The highest BCUT2D eigenvalue weighted by molar-refractivity contribution is 6.37. The second-order valence-corrected chi connectivity index (χ2v) is 5.22. The Kier molecular flexibility index (Phi) is 5.20. The molecule has 22 heavy (non-hydrogen) atoms. The van der Waals surface area contributed by atoms with Crippen molar-refractivity contribution in [2.75, 3.05) is 5.32 Å². The van der Waals surface area contributed by atoms with Crippen molar-refractivity contribution in [3.63, 3.8) is 0 Å². The summed E-state index contributed by atoms with van der Waals surface area (Å²) in [4.78, 5) is 22.7. The minimum atomic E-state index is -1.04. The van der Waals surface area contributed by atoms with Crippen LogP contribution in [0.15, 0.2) is 48.5 Å². The molecule has 0 saturated heterocycles. The van der Waals surface area contributed by atoms with E-state index >= 15 is 0 Å². The van der Waals surface area contributed by atoms with Crippen LogP contribution in [0.3, 0.4) is 0 Å². The zero-order chi connectivity index (χ0) is 16.1. The highest BCUT2D eigenvalue weighted by atomic mass is 35.5. The van der Waals surface area contributed by atoms with E-state index in [1.54, 1.807) is 30.3 Å². The lowest BCUT2D eigenvalue weighted by Gasteiger charge is -2.07. The number of amides is 1. The van der Waals surface area contributed by atoms with E-state index in [0.29, 0.717) is 21.8 Å². The van der Waals surface area contributed by atoms with E-state index in [-0.39, 0.29) is 10.9 Å². The van der Waals surface area contributed by atoms with Crippen molar-refractivity contribution in [1.29, 1.82) is 0 Å². The lowest BCUT2D eigenvalue weighted by atomic mass is 10.1. The molecule has 0 radical (unpaired) electrons. The maximum atomic E-state index is 12.2. The molecule has 0 aliphatic rings. The Morgan fingerprint density at radius 1 is 1.09 bits per heavy atom. The molecule has 0 aliphatic heterocycles. The normalized spacial score (nSPS) is 10.6. The number of nitrogens with one attached hydrogen (secondary N) is 1. The zero-order valence-electron chi connectivity index (χ0n) is 11.2. The molecule has 0 fully saturated rings. The van der Waals surface area contributed by atoms with Crippen LogP contribution in [0.1, 0.15) is 15.9 Å². The summed E-state index contributed by atoms with van der Waals surface area (Å²) in [5, 5.41) is 12.0. The molecule has 6 heteroatoms. The van der Waals surface area contributed by atoms with Crippen molar-refractivity contribution >= 4 is 46.8 Å². The first-order chi connectivity index (χ1) is 10.5. The zero-order valence-corrected chi connectivity index (χ0v) is 12.7. The number of carbonyl (C=O) groups excluding carboxylic acids is 1. The minimum Gasteiger partial charge on any atom is -0.478 e. The molecule has 0 saturated carbocycles. The first kappa shape index (κ1) is 16.1. The Bertz CT molecular complexity index is 757. The molecule has 4 nitrogen and oxygen atoms in total. The fourth-order valence-corrected chi connectivity index (χ4v) is 2.25. The molecule has 0 unspecified atom stereocenters. The number of carbonyl (C=O) groups is 2. The van der Waals surface area contributed by atoms with E-state index in [2.05, 4.69) is 5.32 Å². The predicted octanol–water partition coefficient (Wildman–Crippen LogP) is 4.34. The van der Waals surface area contributed by atoms with Gasteiger partial charge in [-0.3, -0.25) is 4.79 Å². The summed E-state index contributed by atoms with van der Waals surface area (Å²) >= 11 is 11.8. The summed E-state index contributed by atoms with van der Waals surface area (Å²) in [5.74, 6) is -1.41.